The Kier molecular flexibility index (Phi) is 5.18. The van der Waals surface area contributed by atoms with Crippen LogP contribution in [-0.4, -0.2) is 22.2 Å². The van der Waals surface area contributed by atoms with E-state index in [2.05, 4.69) is 17.3 Å². The summed E-state index contributed by atoms with van der Waals surface area (Å²) >= 11 is 1.58. The molecule has 2 aromatic heterocycles. The minimum atomic E-state index is -0.578. The predicted molar refractivity (Wildman–Crippen MR) is 103 cm³/mol. The molecule has 0 bridgehead atoms. The summed E-state index contributed by atoms with van der Waals surface area (Å²) in [4.78, 5) is 25.7. The number of hydrogen-bond acceptors (Lipinski definition) is 4. The molecule has 132 valence electrons. The summed E-state index contributed by atoms with van der Waals surface area (Å²) in [5, 5.41) is 9.01. The number of nitrogens with one attached hydrogen (secondary N) is 1. The van der Waals surface area contributed by atoms with Gasteiger partial charge in [-0.05, 0) is 25.8 Å². The molecule has 1 amide bonds. The van der Waals surface area contributed by atoms with Gasteiger partial charge in [-0.15, -0.1) is 11.3 Å². The zero-order valence-electron chi connectivity index (χ0n) is 14.8. The van der Waals surface area contributed by atoms with Gasteiger partial charge in [-0.2, -0.15) is 5.10 Å². The molecule has 0 aliphatic carbocycles. The lowest BCUT2D eigenvalue weighted by Crippen LogP contribution is -2.39. The van der Waals surface area contributed by atoms with Crippen molar-refractivity contribution in [3.63, 3.8) is 0 Å². The molecule has 0 radical (unpaired) electrons. The highest BCUT2D eigenvalue weighted by Crippen LogP contribution is 2.33. The van der Waals surface area contributed by atoms with Gasteiger partial charge in [-0.25, -0.2) is 4.68 Å². The molecular weight excluding hydrogens is 334 g/mol. The minimum Gasteiger partial charge on any atom is -0.354 e. The van der Waals surface area contributed by atoms with E-state index in [1.807, 2.05) is 38.1 Å². The van der Waals surface area contributed by atoms with Gasteiger partial charge in [-0.3, -0.25) is 9.59 Å². The summed E-state index contributed by atoms with van der Waals surface area (Å²) < 4.78 is 3.35. The van der Waals surface area contributed by atoms with E-state index in [-0.39, 0.29) is 11.5 Å². The molecule has 5 nitrogen and oxygen atoms in total. The Labute approximate surface area is 150 Å². The number of aryl methyl sites for hydroxylation is 1. The third-order valence-corrected chi connectivity index (χ3v) is 5.70. The zero-order chi connectivity index (χ0) is 18.0. The van der Waals surface area contributed by atoms with Crippen LogP contribution in [0.25, 0.3) is 20.2 Å². The minimum absolute atomic E-state index is 0.135. The van der Waals surface area contributed by atoms with Crippen LogP contribution in [0.1, 0.15) is 44.8 Å². The summed E-state index contributed by atoms with van der Waals surface area (Å²) in [5.41, 5.74) is 0.603. The molecule has 0 saturated heterocycles. The maximum atomic E-state index is 13.1. The van der Waals surface area contributed by atoms with E-state index in [0.29, 0.717) is 18.4 Å². The van der Waals surface area contributed by atoms with Gasteiger partial charge in [-0.1, -0.05) is 38.5 Å². The molecule has 0 unspecified atom stereocenters. The molecule has 0 saturated carbocycles. The van der Waals surface area contributed by atoms with Crippen LogP contribution in [0.3, 0.4) is 0 Å². The summed E-state index contributed by atoms with van der Waals surface area (Å²) in [6, 6.07) is 7.29. The van der Waals surface area contributed by atoms with E-state index in [1.54, 1.807) is 11.3 Å². The van der Waals surface area contributed by atoms with Crippen LogP contribution in [0.5, 0.6) is 0 Å². The number of benzene rings is 1. The first-order valence-corrected chi connectivity index (χ1v) is 9.58. The average molecular weight is 357 g/mol. The van der Waals surface area contributed by atoms with Gasteiger partial charge in [0.1, 0.15) is 6.04 Å². The Hall–Kier alpha value is -2.21. The first-order chi connectivity index (χ1) is 12.1. The fraction of sp³-hybridized carbons (Fsp3) is 0.421. The summed E-state index contributed by atoms with van der Waals surface area (Å²) in [5.74, 6) is -0.135. The van der Waals surface area contributed by atoms with Crippen molar-refractivity contribution in [1.29, 1.82) is 0 Å². The quantitative estimate of drug-likeness (QED) is 0.683. The second-order valence-corrected chi connectivity index (χ2v) is 7.26. The molecule has 25 heavy (non-hydrogen) atoms. The molecule has 1 N–H and O–H groups in total. The van der Waals surface area contributed by atoms with Gasteiger partial charge < -0.3 is 5.32 Å². The third kappa shape index (κ3) is 3.18. The smallest absolute Gasteiger partial charge is 0.276 e. The summed E-state index contributed by atoms with van der Waals surface area (Å²) in [6.07, 6.45) is 2.47. The van der Waals surface area contributed by atoms with Crippen LogP contribution in [0.2, 0.25) is 0 Å². The first kappa shape index (κ1) is 17.6. The molecule has 3 aromatic rings. The fourth-order valence-electron chi connectivity index (χ4n) is 3.07. The normalized spacial score (nSPS) is 12.6. The van der Waals surface area contributed by atoms with Crippen LogP contribution < -0.4 is 10.9 Å². The van der Waals surface area contributed by atoms with Crippen molar-refractivity contribution in [3.8, 4) is 0 Å². The Morgan fingerprint density at radius 2 is 2.08 bits per heavy atom. The van der Waals surface area contributed by atoms with E-state index in [0.717, 1.165) is 33.3 Å². The van der Waals surface area contributed by atoms with E-state index in [4.69, 9.17) is 0 Å². The lowest BCUT2D eigenvalue weighted by Gasteiger charge is -2.17. The first-order valence-electron chi connectivity index (χ1n) is 8.76. The second kappa shape index (κ2) is 7.35. The van der Waals surface area contributed by atoms with Crippen LogP contribution in [0.15, 0.2) is 29.1 Å². The van der Waals surface area contributed by atoms with E-state index in [1.165, 1.54) is 4.68 Å². The number of carbonyl (C=O) groups excluding carboxylic acids is 1. The Bertz CT molecular complexity index is 974. The third-order valence-electron chi connectivity index (χ3n) is 4.42. The lowest BCUT2D eigenvalue weighted by molar-refractivity contribution is -0.124. The number of fused-ring (bicyclic) bond motifs is 3. The fourth-order valence-corrected chi connectivity index (χ4v) is 4.20. The number of rotatable bonds is 6. The zero-order valence-corrected chi connectivity index (χ0v) is 15.7. The largest absolute Gasteiger partial charge is 0.354 e. The van der Waals surface area contributed by atoms with E-state index < -0.39 is 6.04 Å². The maximum Gasteiger partial charge on any atom is 0.276 e. The van der Waals surface area contributed by atoms with Crippen LogP contribution >= 0.6 is 11.3 Å². The van der Waals surface area contributed by atoms with Gasteiger partial charge in [0.25, 0.3) is 5.56 Å². The predicted octanol–water partition coefficient (Wildman–Crippen LogP) is 3.79. The topological polar surface area (TPSA) is 64.0 Å². The SMILES string of the molecule is CCCCNC(=O)[C@@H](CC)n1nc(C)c2sc3ccccc3c2c1=O. The number of carbonyl (C=O) groups is 1. The summed E-state index contributed by atoms with van der Waals surface area (Å²) in [6.45, 7) is 6.51. The van der Waals surface area contributed by atoms with Crippen LogP contribution in [0.4, 0.5) is 0 Å². The molecule has 1 aromatic carbocycles. The van der Waals surface area contributed by atoms with Gasteiger partial charge in [0.2, 0.25) is 5.91 Å². The number of aromatic nitrogens is 2. The number of thiophene rings is 1. The lowest BCUT2D eigenvalue weighted by atomic mass is 10.1. The molecule has 0 aliphatic heterocycles. The number of unbranched alkanes of at least 4 members (excludes halogenated alkanes) is 1. The monoisotopic (exact) mass is 357 g/mol. The highest BCUT2D eigenvalue weighted by molar-refractivity contribution is 7.26. The van der Waals surface area contributed by atoms with Gasteiger partial charge in [0, 0.05) is 16.6 Å². The highest BCUT2D eigenvalue weighted by atomic mass is 32.1. The molecule has 0 spiro atoms. The number of amides is 1. The van der Waals surface area contributed by atoms with Gasteiger partial charge in [0.05, 0.1) is 15.8 Å². The van der Waals surface area contributed by atoms with Crippen molar-refractivity contribution in [2.24, 2.45) is 0 Å². The Balaban J connectivity index is 2.12. The standard InChI is InChI=1S/C19H23N3O2S/c1-4-6-11-20-18(23)14(5-2)22-19(24)16-13-9-7-8-10-15(13)25-17(16)12(3)21-22/h7-10,14H,4-6,11H2,1-3H3,(H,20,23)/t14-/m1/s1. The number of nitrogens with zero attached hydrogens (tertiary/aromatic N) is 2. The maximum absolute atomic E-state index is 13.1. The van der Waals surface area contributed by atoms with Crippen molar-refractivity contribution < 1.29 is 4.79 Å². The molecule has 3 rings (SSSR count). The average Bonchev–Trinajstić information content (AvgIpc) is 3.00. The number of hydrogen-bond donors (Lipinski definition) is 1. The molecule has 0 fully saturated rings. The van der Waals surface area contributed by atoms with Crippen molar-refractivity contribution in [1.82, 2.24) is 15.1 Å². The molecule has 0 aliphatic rings. The Morgan fingerprint density at radius 1 is 1.32 bits per heavy atom. The molecule has 2 heterocycles. The molecule has 6 heteroatoms. The molecule has 1 atom stereocenters. The van der Waals surface area contributed by atoms with E-state index >= 15 is 0 Å². The van der Waals surface area contributed by atoms with Crippen molar-refractivity contribution in [2.45, 2.75) is 46.1 Å². The Morgan fingerprint density at radius 3 is 2.80 bits per heavy atom. The van der Waals surface area contributed by atoms with Gasteiger partial charge in [0.15, 0.2) is 0 Å². The second-order valence-electron chi connectivity index (χ2n) is 6.21. The van der Waals surface area contributed by atoms with Crippen LogP contribution in [-0.2, 0) is 4.79 Å². The van der Waals surface area contributed by atoms with Crippen LogP contribution in [0, 0.1) is 6.92 Å². The molecular formula is C19H23N3O2S. The van der Waals surface area contributed by atoms with E-state index in [9.17, 15) is 9.59 Å². The van der Waals surface area contributed by atoms with Crippen molar-refractivity contribution in [3.05, 3.63) is 40.3 Å². The highest BCUT2D eigenvalue weighted by Gasteiger charge is 2.23. The van der Waals surface area contributed by atoms with Crippen molar-refractivity contribution >= 4 is 37.4 Å². The van der Waals surface area contributed by atoms with Gasteiger partial charge >= 0.3 is 0 Å². The summed E-state index contributed by atoms with van der Waals surface area (Å²) in [7, 11) is 0. The van der Waals surface area contributed by atoms with Crippen molar-refractivity contribution in [2.75, 3.05) is 6.54 Å².